The lowest BCUT2D eigenvalue weighted by atomic mass is 10.1. The highest BCUT2D eigenvalue weighted by molar-refractivity contribution is 5.73. The lowest BCUT2D eigenvalue weighted by Crippen LogP contribution is -2.13. The summed E-state index contributed by atoms with van der Waals surface area (Å²) in [5.41, 5.74) is 1.08. The van der Waals surface area contributed by atoms with Gasteiger partial charge in [0.1, 0.15) is 11.2 Å². The van der Waals surface area contributed by atoms with E-state index in [1.165, 1.54) is 6.20 Å². The molecule has 0 spiro atoms. The Balaban J connectivity index is 1.98. The van der Waals surface area contributed by atoms with E-state index in [1.807, 2.05) is 30.3 Å². The van der Waals surface area contributed by atoms with E-state index < -0.39 is 6.10 Å². The summed E-state index contributed by atoms with van der Waals surface area (Å²) >= 11 is 0. The molecule has 1 aromatic carbocycles. The number of nitrogens with zero attached hydrogens (tertiary/aromatic N) is 3. The summed E-state index contributed by atoms with van der Waals surface area (Å²) < 4.78 is 1.55. The van der Waals surface area contributed by atoms with Crippen LogP contribution in [-0.2, 0) is 6.54 Å². The van der Waals surface area contributed by atoms with Gasteiger partial charge in [-0.25, -0.2) is 9.67 Å². The van der Waals surface area contributed by atoms with Crippen molar-refractivity contribution < 1.29 is 5.11 Å². The third-order valence-corrected chi connectivity index (χ3v) is 3.15. The zero-order valence-electron chi connectivity index (χ0n) is 10.9. The van der Waals surface area contributed by atoms with Gasteiger partial charge in [-0.3, -0.25) is 4.79 Å². The molecule has 6 nitrogen and oxygen atoms in total. The van der Waals surface area contributed by atoms with Crippen LogP contribution in [0.15, 0.2) is 41.3 Å². The molecule has 0 radical (unpaired) electrons. The number of aryl methyl sites for hydroxylation is 1. The fourth-order valence-corrected chi connectivity index (χ4v) is 2.15. The van der Waals surface area contributed by atoms with Gasteiger partial charge in [0.2, 0.25) is 0 Å². The van der Waals surface area contributed by atoms with Gasteiger partial charge in [0.15, 0.2) is 5.65 Å². The lowest BCUT2D eigenvalue weighted by Gasteiger charge is -2.11. The van der Waals surface area contributed by atoms with Gasteiger partial charge in [0.25, 0.3) is 5.56 Å². The highest BCUT2D eigenvalue weighted by Crippen LogP contribution is 2.16. The van der Waals surface area contributed by atoms with E-state index in [1.54, 1.807) is 11.6 Å². The van der Waals surface area contributed by atoms with Crippen molar-refractivity contribution >= 4 is 11.0 Å². The van der Waals surface area contributed by atoms with Crippen LogP contribution in [0.2, 0.25) is 0 Å². The van der Waals surface area contributed by atoms with Crippen LogP contribution in [0.25, 0.3) is 11.0 Å². The molecule has 2 aromatic heterocycles. The number of aromatic amines is 1. The van der Waals surface area contributed by atoms with Gasteiger partial charge >= 0.3 is 0 Å². The summed E-state index contributed by atoms with van der Waals surface area (Å²) in [5.74, 6) is 0.526. The first kappa shape index (κ1) is 12.6. The maximum atomic E-state index is 11.8. The normalized spacial score (nSPS) is 12.7. The van der Waals surface area contributed by atoms with Crippen molar-refractivity contribution in [3.63, 3.8) is 0 Å². The van der Waals surface area contributed by atoms with E-state index in [0.29, 0.717) is 16.9 Å². The van der Waals surface area contributed by atoms with Gasteiger partial charge in [-0.15, -0.1) is 0 Å². The number of aliphatic hydroxyl groups excluding tert-OH is 1. The molecule has 0 aliphatic rings. The minimum absolute atomic E-state index is 0.215. The second kappa shape index (κ2) is 4.90. The Morgan fingerprint density at radius 2 is 2.10 bits per heavy atom. The van der Waals surface area contributed by atoms with Gasteiger partial charge in [-0.2, -0.15) is 5.10 Å². The fourth-order valence-electron chi connectivity index (χ4n) is 2.15. The smallest absolute Gasteiger partial charge is 0.262 e. The molecule has 6 heteroatoms. The van der Waals surface area contributed by atoms with Crippen LogP contribution >= 0.6 is 0 Å². The zero-order chi connectivity index (χ0) is 14.1. The maximum absolute atomic E-state index is 11.8. The summed E-state index contributed by atoms with van der Waals surface area (Å²) in [6.07, 6.45) is 0.777. The van der Waals surface area contributed by atoms with Crippen LogP contribution < -0.4 is 5.56 Å². The topological polar surface area (TPSA) is 83.8 Å². The van der Waals surface area contributed by atoms with Gasteiger partial charge in [-0.05, 0) is 12.5 Å². The Morgan fingerprint density at radius 3 is 2.85 bits per heavy atom. The van der Waals surface area contributed by atoms with Crippen LogP contribution in [0, 0.1) is 6.92 Å². The summed E-state index contributed by atoms with van der Waals surface area (Å²) in [5, 5.41) is 14.8. The first-order valence-electron chi connectivity index (χ1n) is 6.30. The molecule has 1 atom stereocenters. The number of benzene rings is 1. The molecule has 2 heterocycles. The van der Waals surface area contributed by atoms with Crippen molar-refractivity contribution in [3.8, 4) is 0 Å². The molecule has 102 valence electrons. The third kappa shape index (κ3) is 2.21. The number of nitrogens with one attached hydrogen (secondary N) is 1. The molecule has 3 rings (SSSR count). The van der Waals surface area contributed by atoms with E-state index >= 15 is 0 Å². The molecule has 0 fully saturated rings. The molecule has 3 aromatic rings. The van der Waals surface area contributed by atoms with Gasteiger partial charge in [0.05, 0.1) is 18.8 Å². The van der Waals surface area contributed by atoms with Crippen molar-refractivity contribution in [1.29, 1.82) is 0 Å². The van der Waals surface area contributed by atoms with Crippen LogP contribution in [0.1, 0.15) is 17.5 Å². The third-order valence-electron chi connectivity index (χ3n) is 3.15. The van der Waals surface area contributed by atoms with Crippen LogP contribution in [-0.4, -0.2) is 24.9 Å². The highest BCUT2D eigenvalue weighted by atomic mass is 16.3. The molecule has 0 saturated heterocycles. The number of rotatable bonds is 3. The van der Waals surface area contributed by atoms with Gasteiger partial charge in [-0.1, -0.05) is 30.3 Å². The number of hydrogen-bond acceptors (Lipinski definition) is 4. The van der Waals surface area contributed by atoms with Crippen molar-refractivity contribution in [2.75, 3.05) is 0 Å². The number of fused-ring (bicyclic) bond motifs is 1. The Hall–Kier alpha value is -2.47. The minimum Gasteiger partial charge on any atom is -0.386 e. The molecule has 1 unspecified atom stereocenters. The van der Waals surface area contributed by atoms with Gasteiger partial charge in [0, 0.05) is 0 Å². The lowest BCUT2D eigenvalue weighted by molar-refractivity contribution is 0.153. The predicted molar refractivity (Wildman–Crippen MR) is 74.3 cm³/mol. The van der Waals surface area contributed by atoms with E-state index in [0.717, 1.165) is 5.56 Å². The van der Waals surface area contributed by atoms with Crippen LogP contribution in [0.4, 0.5) is 0 Å². The van der Waals surface area contributed by atoms with Crippen molar-refractivity contribution in [2.24, 2.45) is 0 Å². The molecule has 0 amide bonds. The first-order chi connectivity index (χ1) is 9.65. The first-order valence-corrected chi connectivity index (χ1v) is 6.30. The van der Waals surface area contributed by atoms with Crippen molar-refractivity contribution in [2.45, 2.75) is 19.6 Å². The number of aliphatic hydroxyl groups is 1. The molecular formula is C14H14N4O2. The fraction of sp³-hybridized carbons (Fsp3) is 0.214. The summed E-state index contributed by atoms with van der Waals surface area (Å²) in [7, 11) is 0. The minimum atomic E-state index is -0.694. The van der Waals surface area contributed by atoms with Gasteiger partial charge < -0.3 is 10.1 Å². The maximum Gasteiger partial charge on any atom is 0.262 e. The molecule has 0 bridgehead atoms. The second-order valence-corrected chi connectivity index (χ2v) is 4.64. The molecule has 0 aliphatic carbocycles. The molecule has 0 aliphatic heterocycles. The molecule has 20 heavy (non-hydrogen) atoms. The van der Waals surface area contributed by atoms with Crippen LogP contribution in [0.5, 0.6) is 0 Å². The number of aromatic nitrogens is 4. The van der Waals surface area contributed by atoms with E-state index in [4.69, 9.17) is 0 Å². The summed E-state index contributed by atoms with van der Waals surface area (Å²) in [4.78, 5) is 18.7. The van der Waals surface area contributed by atoms with E-state index in [9.17, 15) is 9.90 Å². The Kier molecular flexibility index (Phi) is 3.08. The van der Waals surface area contributed by atoms with Crippen LogP contribution in [0.3, 0.4) is 0 Å². The summed E-state index contributed by atoms with van der Waals surface area (Å²) in [6.45, 7) is 1.97. The standard InChI is InChI=1S/C14H14N4O2/c1-9-16-13-11(14(20)17-9)7-15-18(13)8-12(19)10-5-3-2-4-6-10/h2-7,12,19H,8H2,1H3,(H,16,17,20). The van der Waals surface area contributed by atoms with E-state index in [2.05, 4.69) is 15.1 Å². The number of hydrogen-bond donors (Lipinski definition) is 2. The highest BCUT2D eigenvalue weighted by Gasteiger charge is 2.13. The monoisotopic (exact) mass is 270 g/mol. The zero-order valence-corrected chi connectivity index (χ0v) is 10.9. The van der Waals surface area contributed by atoms with Crippen molar-refractivity contribution in [1.82, 2.24) is 19.7 Å². The molecule has 2 N–H and O–H groups in total. The SMILES string of the molecule is Cc1nc2c(cnn2CC(O)c2ccccc2)c(=O)[nH]1. The van der Waals surface area contributed by atoms with Crippen molar-refractivity contribution in [3.05, 3.63) is 58.3 Å². The summed E-state index contributed by atoms with van der Waals surface area (Å²) in [6, 6.07) is 9.33. The molecular weight excluding hydrogens is 256 g/mol. The average Bonchev–Trinajstić information content (AvgIpc) is 2.83. The second-order valence-electron chi connectivity index (χ2n) is 4.64. The number of H-pyrrole nitrogens is 1. The average molecular weight is 270 g/mol. The Labute approximate surface area is 114 Å². The quantitative estimate of drug-likeness (QED) is 0.748. The Morgan fingerprint density at radius 1 is 1.35 bits per heavy atom. The predicted octanol–water partition coefficient (Wildman–Crippen LogP) is 1.16. The molecule has 0 saturated carbocycles. The largest absolute Gasteiger partial charge is 0.386 e. The Bertz CT molecular complexity index is 792. The van der Waals surface area contributed by atoms with E-state index in [-0.39, 0.29) is 12.1 Å².